The maximum atomic E-state index is 12.0. The average molecular weight is 475 g/mol. The topological polar surface area (TPSA) is 57.5 Å². The normalized spacial score (nSPS) is 17.4. The van der Waals surface area contributed by atoms with Crippen LogP contribution in [0.4, 0.5) is 0 Å². The Morgan fingerprint density at radius 2 is 1.51 bits per heavy atom. The van der Waals surface area contributed by atoms with Crippen LogP contribution in [0.15, 0.2) is 60.7 Å². The minimum absolute atomic E-state index is 0.159. The molecule has 0 spiro atoms. The van der Waals surface area contributed by atoms with Crippen molar-refractivity contribution in [3.05, 3.63) is 71.8 Å². The van der Waals surface area contributed by atoms with Gasteiger partial charge in [-0.1, -0.05) is 121 Å². The Kier molecular flexibility index (Phi) is 10.2. The molecule has 3 nitrogen and oxygen atoms in total. The first-order valence-electron chi connectivity index (χ1n) is 13.5. The molecule has 35 heavy (non-hydrogen) atoms. The van der Waals surface area contributed by atoms with E-state index in [0.717, 1.165) is 23.1 Å². The number of hydrogen-bond donors (Lipinski definition) is 2. The molecule has 3 heteroatoms. The maximum absolute atomic E-state index is 12.0. The van der Waals surface area contributed by atoms with E-state index in [0.29, 0.717) is 5.56 Å². The molecule has 0 heterocycles. The molecule has 0 bridgehead atoms. The van der Waals surface area contributed by atoms with E-state index < -0.39 is 5.97 Å². The van der Waals surface area contributed by atoms with Gasteiger partial charge in [0.2, 0.25) is 0 Å². The Morgan fingerprint density at radius 1 is 0.886 bits per heavy atom. The van der Waals surface area contributed by atoms with E-state index >= 15 is 0 Å². The number of carboxylic acids is 1. The minimum Gasteiger partial charge on any atom is -0.508 e. The number of rotatable bonds is 14. The maximum Gasteiger partial charge on any atom is 0.336 e. The summed E-state index contributed by atoms with van der Waals surface area (Å²) < 4.78 is 0. The molecule has 3 rings (SSSR count). The van der Waals surface area contributed by atoms with E-state index in [1.807, 2.05) is 12.1 Å². The number of phenolic OH excluding ortho intramolecular Hbond substituents is 1. The van der Waals surface area contributed by atoms with E-state index in [-0.39, 0.29) is 16.7 Å². The Morgan fingerprint density at radius 3 is 2.09 bits per heavy atom. The molecule has 0 aromatic heterocycles. The summed E-state index contributed by atoms with van der Waals surface area (Å²) in [6.45, 7) is 4.60. The van der Waals surface area contributed by atoms with Gasteiger partial charge >= 0.3 is 5.97 Å². The van der Waals surface area contributed by atoms with Crippen LogP contribution in [-0.2, 0) is 0 Å². The van der Waals surface area contributed by atoms with Gasteiger partial charge in [0.15, 0.2) is 0 Å². The van der Waals surface area contributed by atoms with Gasteiger partial charge in [0.05, 0.1) is 5.56 Å². The van der Waals surface area contributed by atoms with Gasteiger partial charge < -0.3 is 10.2 Å². The predicted octanol–water partition coefficient (Wildman–Crippen LogP) is 9.42. The van der Waals surface area contributed by atoms with E-state index in [4.69, 9.17) is 0 Å². The third-order valence-corrected chi connectivity index (χ3v) is 7.32. The quantitative estimate of drug-likeness (QED) is 0.268. The molecule has 0 amide bonds. The molecular weight excluding hydrogens is 432 g/mol. The van der Waals surface area contributed by atoms with Crippen molar-refractivity contribution < 1.29 is 15.0 Å². The molecule has 0 fully saturated rings. The standard InChI is InChI=1S/C32H42O3/c1-3-4-5-6-7-8-9-10-11-12-22-32(2)23-20-25(21-24-32)28-14-13-15-29(31(34)35)30(28)26-16-18-27(33)19-17-26/h13-21,23,33H,3-12,22,24H2,1-2H3,(H,34,35). The first kappa shape index (κ1) is 26.8. The van der Waals surface area contributed by atoms with E-state index in [1.54, 1.807) is 30.3 Å². The highest BCUT2D eigenvalue weighted by molar-refractivity contribution is 6.00. The number of hydrogen-bond acceptors (Lipinski definition) is 2. The van der Waals surface area contributed by atoms with Crippen LogP contribution in [-0.4, -0.2) is 16.2 Å². The average Bonchev–Trinajstić information content (AvgIpc) is 2.86. The lowest BCUT2D eigenvalue weighted by molar-refractivity contribution is 0.0697. The zero-order valence-corrected chi connectivity index (χ0v) is 21.6. The fourth-order valence-electron chi connectivity index (χ4n) is 5.08. The second-order valence-electron chi connectivity index (χ2n) is 10.4. The highest BCUT2D eigenvalue weighted by Gasteiger charge is 2.24. The number of carboxylic acid groups (broad SMARTS) is 1. The van der Waals surface area contributed by atoms with Crippen LogP contribution in [0.5, 0.6) is 5.75 Å². The molecule has 2 N–H and O–H groups in total. The molecule has 0 saturated carbocycles. The van der Waals surface area contributed by atoms with Crippen molar-refractivity contribution in [1.82, 2.24) is 0 Å². The lowest BCUT2D eigenvalue weighted by Gasteiger charge is -2.29. The van der Waals surface area contributed by atoms with Crippen LogP contribution in [0, 0.1) is 5.41 Å². The van der Waals surface area contributed by atoms with E-state index in [2.05, 4.69) is 32.1 Å². The summed E-state index contributed by atoms with van der Waals surface area (Å²) in [5.41, 5.74) is 3.93. The van der Waals surface area contributed by atoms with Crippen LogP contribution in [0.1, 0.15) is 107 Å². The lowest BCUT2D eigenvalue weighted by Crippen LogP contribution is -2.15. The number of aromatic hydroxyl groups is 1. The summed E-state index contributed by atoms with van der Waals surface area (Å²) in [6.07, 6.45) is 22.4. The fourth-order valence-corrected chi connectivity index (χ4v) is 5.08. The number of benzene rings is 2. The molecule has 2 aromatic carbocycles. The van der Waals surface area contributed by atoms with Crippen molar-refractivity contribution in [2.75, 3.05) is 0 Å². The molecule has 0 saturated heterocycles. The van der Waals surface area contributed by atoms with Gasteiger partial charge in [0, 0.05) is 5.56 Å². The lowest BCUT2D eigenvalue weighted by atomic mass is 9.76. The fraction of sp³-hybridized carbons (Fsp3) is 0.469. The van der Waals surface area contributed by atoms with Crippen molar-refractivity contribution in [3.8, 4) is 16.9 Å². The smallest absolute Gasteiger partial charge is 0.336 e. The summed E-state index contributed by atoms with van der Waals surface area (Å²) in [6, 6.07) is 12.2. The van der Waals surface area contributed by atoms with Crippen LogP contribution in [0.3, 0.4) is 0 Å². The van der Waals surface area contributed by atoms with Gasteiger partial charge in [-0.2, -0.15) is 0 Å². The Balaban J connectivity index is 1.58. The molecule has 0 aliphatic heterocycles. The number of aromatic carboxylic acids is 1. The number of carbonyl (C=O) groups is 1. The molecule has 1 aliphatic rings. The van der Waals surface area contributed by atoms with Gasteiger partial charge in [0.25, 0.3) is 0 Å². The number of phenols is 1. The largest absolute Gasteiger partial charge is 0.508 e. The van der Waals surface area contributed by atoms with Gasteiger partial charge in [-0.3, -0.25) is 0 Å². The molecule has 1 atom stereocenters. The number of allylic oxidation sites excluding steroid dienone is 4. The third-order valence-electron chi connectivity index (χ3n) is 7.32. The van der Waals surface area contributed by atoms with E-state index in [9.17, 15) is 15.0 Å². The van der Waals surface area contributed by atoms with Gasteiger partial charge in [-0.25, -0.2) is 4.79 Å². The number of unbranched alkanes of at least 4 members (excludes halogenated alkanes) is 9. The first-order chi connectivity index (χ1) is 16.9. The second kappa shape index (κ2) is 13.3. The van der Waals surface area contributed by atoms with Crippen molar-refractivity contribution in [2.45, 2.75) is 90.9 Å². The van der Waals surface area contributed by atoms with Crippen molar-refractivity contribution in [3.63, 3.8) is 0 Å². The van der Waals surface area contributed by atoms with Crippen LogP contribution in [0.25, 0.3) is 16.7 Å². The molecule has 0 radical (unpaired) electrons. The summed E-state index contributed by atoms with van der Waals surface area (Å²) in [4.78, 5) is 12.0. The third kappa shape index (κ3) is 7.85. The summed E-state index contributed by atoms with van der Waals surface area (Å²) in [5, 5.41) is 19.5. The molecule has 2 aromatic rings. The van der Waals surface area contributed by atoms with E-state index in [1.165, 1.54) is 70.6 Å². The van der Waals surface area contributed by atoms with Gasteiger partial charge in [-0.05, 0) is 53.2 Å². The summed E-state index contributed by atoms with van der Waals surface area (Å²) >= 11 is 0. The zero-order valence-electron chi connectivity index (χ0n) is 21.6. The Labute approximate surface area is 211 Å². The highest BCUT2D eigenvalue weighted by Crippen LogP contribution is 2.40. The van der Waals surface area contributed by atoms with Crippen molar-refractivity contribution in [1.29, 1.82) is 0 Å². The SMILES string of the molecule is CCCCCCCCCCCCC1(C)C=CC(c2cccc(C(=O)O)c2-c2ccc(O)cc2)=CC1. The van der Waals surface area contributed by atoms with Crippen LogP contribution >= 0.6 is 0 Å². The summed E-state index contributed by atoms with van der Waals surface area (Å²) in [7, 11) is 0. The van der Waals surface area contributed by atoms with Gasteiger partial charge in [-0.15, -0.1) is 0 Å². The highest BCUT2D eigenvalue weighted by atomic mass is 16.4. The van der Waals surface area contributed by atoms with Crippen LogP contribution < -0.4 is 0 Å². The molecule has 1 unspecified atom stereocenters. The molecule has 1 aliphatic carbocycles. The zero-order chi connectivity index (χ0) is 25.1. The Bertz CT molecular complexity index is 1020. The van der Waals surface area contributed by atoms with Gasteiger partial charge in [0.1, 0.15) is 5.75 Å². The minimum atomic E-state index is -0.943. The first-order valence-corrected chi connectivity index (χ1v) is 13.5. The summed E-state index contributed by atoms with van der Waals surface area (Å²) in [5.74, 6) is -0.774. The van der Waals surface area contributed by atoms with Crippen molar-refractivity contribution in [2.24, 2.45) is 5.41 Å². The van der Waals surface area contributed by atoms with Crippen molar-refractivity contribution >= 4 is 11.5 Å². The molecule has 188 valence electrons. The molecular formula is C32H42O3. The monoisotopic (exact) mass is 474 g/mol. The Hall–Kier alpha value is -2.81. The second-order valence-corrected chi connectivity index (χ2v) is 10.4. The predicted molar refractivity (Wildman–Crippen MR) is 147 cm³/mol. The van der Waals surface area contributed by atoms with Crippen LogP contribution in [0.2, 0.25) is 0 Å².